The maximum absolute atomic E-state index is 13.4. The highest BCUT2D eigenvalue weighted by Crippen LogP contribution is 2.78. The fourth-order valence-corrected chi connectivity index (χ4v) is 13.6. The van der Waals surface area contributed by atoms with Gasteiger partial charge in [-0.3, -0.25) is 0 Å². The molecule has 9 atom stereocenters. The molecule has 7 heteroatoms. The van der Waals surface area contributed by atoms with Crippen molar-refractivity contribution in [3.8, 4) is 0 Å². The number of fused-ring (bicyclic) bond motifs is 7. The van der Waals surface area contributed by atoms with E-state index in [4.69, 9.17) is 0 Å². The number of allylic oxidation sites excluding steroid dienone is 2. The van der Waals surface area contributed by atoms with Gasteiger partial charge in [-0.05, 0) is 151 Å². The molecule has 48 heavy (non-hydrogen) atoms. The van der Waals surface area contributed by atoms with Gasteiger partial charge in [0.15, 0.2) is 0 Å². The first-order valence-corrected chi connectivity index (χ1v) is 18.9. The van der Waals surface area contributed by atoms with Crippen LogP contribution in [-0.2, 0) is 0 Å². The number of amides is 2. The molecule has 1 aromatic rings. The zero-order chi connectivity index (χ0) is 34.5. The lowest BCUT2D eigenvalue weighted by Crippen LogP contribution is -2.69. The number of hydrogen-bond donors (Lipinski definition) is 5. The molecular formula is C41H60N2O5. The summed E-state index contributed by atoms with van der Waals surface area (Å²) in [4.78, 5) is 25.0. The minimum Gasteiger partial charge on any atom is -0.478 e. The van der Waals surface area contributed by atoms with Crippen LogP contribution in [0.5, 0.6) is 0 Å². The first-order chi connectivity index (χ1) is 22.6. The third-order valence-corrected chi connectivity index (χ3v) is 16.5. The fraction of sp³-hybridized carbons (Fsp3) is 0.756. The molecule has 0 aliphatic heterocycles. The summed E-state index contributed by atoms with van der Waals surface area (Å²) in [6, 6.07) is 6.63. The van der Waals surface area contributed by atoms with Crippen LogP contribution in [0, 0.1) is 56.7 Å². The number of benzene rings is 1. The molecule has 7 nitrogen and oxygen atoms in total. The lowest BCUT2D eigenvalue weighted by atomic mass is 9.32. The highest BCUT2D eigenvalue weighted by atomic mass is 16.4. The Kier molecular flexibility index (Phi) is 8.04. The molecule has 2 amide bonds. The number of aromatic carboxylic acids is 1. The van der Waals surface area contributed by atoms with Crippen molar-refractivity contribution in [2.75, 3.05) is 13.2 Å². The van der Waals surface area contributed by atoms with Gasteiger partial charge in [-0.15, -0.1) is 0 Å². The zero-order valence-corrected chi connectivity index (χ0v) is 30.2. The van der Waals surface area contributed by atoms with Crippen molar-refractivity contribution in [2.24, 2.45) is 56.7 Å². The van der Waals surface area contributed by atoms with E-state index >= 15 is 0 Å². The third kappa shape index (κ3) is 4.79. The van der Waals surface area contributed by atoms with Gasteiger partial charge in [0.1, 0.15) is 0 Å². The van der Waals surface area contributed by atoms with E-state index in [2.05, 4.69) is 58.3 Å². The van der Waals surface area contributed by atoms with Crippen LogP contribution >= 0.6 is 0 Å². The van der Waals surface area contributed by atoms with Crippen LogP contribution < -0.4 is 10.6 Å². The van der Waals surface area contributed by atoms with Gasteiger partial charge in [0.25, 0.3) is 0 Å². The van der Waals surface area contributed by atoms with E-state index in [-0.39, 0.29) is 46.4 Å². The summed E-state index contributed by atoms with van der Waals surface area (Å²) in [5, 5.41) is 35.2. The number of urea groups is 1. The van der Waals surface area contributed by atoms with Crippen LogP contribution in [0.25, 0.3) is 5.57 Å². The molecule has 6 aliphatic rings. The molecule has 7 rings (SSSR count). The first kappa shape index (κ1) is 34.1. The lowest BCUT2D eigenvalue weighted by molar-refractivity contribution is -0.221. The summed E-state index contributed by atoms with van der Waals surface area (Å²) in [5.74, 6) is 1.90. The van der Waals surface area contributed by atoms with Gasteiger partial charge in [-0.1, -0.05) is 59.8 Å². The molecule has 0 unspecified atom stereocenters. The van der Waals surface area contributed by atoms with Crippen molar-refractivity contribution in [2.45, 2.75) is 124 Å². The van der Waals surface area contributed by atoms with Crippen molar-refractivity contribution < 1.29 is 24.9 Å². The van der Waals surface area contributed by atoms with E-state index in [1.54, 1.807) is 12.1 Å². The Morgan fingerprint density at radius 1 is 0.792 bits per heavy atom. The molecule has 0 radical (unpaired) electrons. The number of aliphatic hydroxyl groups excluding tert-OH is 2. The molecule has 0 spiro atoms. The molecule has 264 valence electrons. The Labute approximate surface area is 287 Å². The van der Waals surface area contributed by atoms with Crippen LogP contribution in [0.3, 0.4) is 0 Å². The number of carbonyl (C=O) groups is 2. The maximum atomic E-state index is 13.4. The smallest absolute Gasteiger partial charge is 0.335 e. The molecule has 5 fully saturated rings. The molecule has 0 saturated heterocycles. The van der Waals surface area contributed by atoms with Crippen LogP contribution in [-0.4, -0.2) is 52.1 Å². The molecule has 5 saturated carbocycles. The number of carboxylic acid groups (broad SMARTS) is 1. The van der Waals surface area contributed by atoms with E-state index < -0.39 is 12.0 Å². The quantitative estimate of drug-likeness (QED) is 0.206. The molecule has 0 heterocycles. The minimum atomic E-state index is -0.882. The predicted octanol–water partition coefficient (Wildman–Crippen LogP) is 7.66. The van der Waals surface area contributed by atoms with E-state index in [0.717, 1.165) is 31.2 Å². The number of carboxylic acids is 1. The summed E-state index contributed by atoms with van der Waals surface area (Å²) < 4.78 is 0. The Morgan fingerprint density at radius 3 is 2.10 bits per heavy atom. The highest BCUT2D eigenvalue weighted by Gasteiger charge is 2.72. The molecular weight excluding hydrogens is 600 g/mol. The number of nitrogens with one attached hydrogen (secondary N) is 2. The fourth-order valence-electron chi connectivity index (χ4n) is 13.6. The van der Waals surface area contributed by atoms with Crippen LogP contribution in [0.1, 0.15) is 128 Å². The maximum Gasteiger partial charge on any atom is 0.335 e. The van der Waals surface area contributed by atoms with Gasteiger partial charge >= 0.3 is 12.0 Å². The second-order valence-electron chi connectivity index (χ2n) is 18.7. The largest absolute Gasteiger partial charge is 0.478 e. The van der Waals surface area contributed by atoms with Gasteiger partial charge < -0.3 is 26.0 Å². The average Bonchev–Trinajstić information content (AvgIpc) is 3.67. The summed E-state index contributed by atoms with van der Waals surface area (Å²) in [7, 11) is 0. The van der Waals surface area contributed by atoms with Gasteiger partial charge in [-0.2, -0.15) is 0 Å². The van der Waals surface area contributed by atoms with Crippen LogP contribution in [0.4, 0.5) is 4.79 Å². The summed E-state index contributed by atoms with van der Waals surface area (Å²) >= 11 is 0. The van der Waals surface area contributed by atoms with E-state index in [1.807, 2.05) is 12.1 Å². The summed E-state index contributed by atoms with van der Waals surface area (Å²) in [5.41, 5.74) is 3.56. The topological polar surface area (TPSA) is 119 Å². The number of rotatable bonds is 7. The minimum absolute atomic E-state index is 0.0199. The van der Waals surface area contributed by atoms with E-state index in [0.29, 0.717) is 40.6 Å². The average molecular weight is 661 g/mol. The number of aliphatic hydroxyl groups is 2. The van der Waals surface area contributed by atoms with Crippen molar-refractivity contribution in [1.82, 2.24) is 10.6 Å². The predicted molar refractivity (Wildman–Crippen MR) is 188 cm³/mol. The molecule has 6 aliphatic carbocycles. The SMILES string of the molecule is CC1([C@@H]2CC[C@]3(NC(=O)NC(CO)CO)CC[C@]4(C)[C@H](CC[C@@H]5[C@@]6(C)CC=C(c7ccc(C(=O)O)cc7)C(C)(C)[C@@H]6CC[C@]54C)[C@@H]23)CC1. The summed E-state index contributed by atoms with van der Waals surface area (Å²) in [6.45, 7) is 14.7. The lowest BCUT2D eigenvalue weighted by Gasteiger charge is -2.72. The van der Waals surface area contributed by atoms with E-state index in [1.165, 1.54) is 50.5 Å². The van der Waals surface area contributed by atoms with Gasteiger partial charge in [0.2, 0.25) is 0 Å². The van der Waals surface area contributed by atoms with Gasteiger partial charge in [0, 0.05) is 5.54 Å². The third-order valence-electron chi connectivity index (χ3n) is 16.5. The van der Waals surface area contributed by atoms with Crippen LogP contribution in [0.2, 0.25) is 0 Å². The summed E-state index contributed by atoms with van der Waals surface area (Å²) in [6.07, 6.45) is 15.3. The molecule has 1 aromatic carbocycles. The Bertz CT molecular complexity index is 1480. The standard InChI is InChI=1S/C41H60N2O5/c1-36(2)28(25-7-9-26(10-8-25)34(46)47)13-16-38(4)31(36)15-17-40(6)32(38)12-11-30-33-29(37(3)19-20-37)14-18-41(33,22-21-39(30,40)5)43-35(48)42-27(23-44)24-45/h7-10,13,27,29-33,44-45H,11-12,14-24H2,1-6H3,(H,46,47)(H2,42,43,48)/t29-,30-,31+,32-,33-,38+,39-,40-,41+/m1/s1. The van der Waals surface area contributed by atoms with Gasteiger partial charge in [-0.25, -0.2) is 9.59 Å². The van der Waals surface area contributed by atoms with Crippen molar-refractivity contribution in [3.05, 3.63) is 41.5 Å². The Hall–Kier alpha value is -2.38. The zero-order valence-electron chi connectivity index (χ0n) is 30.2. The highest BCUT2D eigenvalue weighted by molar-refractivity contribution is 5.88. The van der Waals surface area contributed by atoms with Crippen molar-refractivity contribution >= 4 is 17.6 Å². The first-order valence-electron chi connectivity index (χ1n) is 18.9. The number of carbonyl (C=O) groups excluding carboxylic acids is 1. The molecule has 5 N–H and O–H groups in total. The number of hydrogen-bond acceptors (Lipinski definition) is 4. The molecule has 0 bridgehead atoms. The second-order valence-corrected chi connectivity index (χ2v) is 18.7. The van der Waals surface area contributed by atoms with Crippen molar-refractivity contribution in [3.63, 3.8) is 0 Å². The second kappa shape index (κ2) is 11.3. The van der Waals surface area contributed by atoms with Crippen LogP contribution in [0.15, 0.2) is 30.3 Å². The Morgan fingerprint density at radius 2 is 1.48 bits per heavy atom. The normalized spacial score (nSPS) is 42.0. The van der Waals surface area contributed by atoms with Gasteiger partial charge in [0.05, 0.1) is 24.8 Å². The monoisotopic (exact) mass is 660 g/mol. The molecule has 0 aromatic heterocycles. The van der Waals surface area contributed by atoms with E-state index in [9.17, 15) is 24.9 Å². The van der Waals surface area contributed by atoms with Crippen molar-refractivity contribution in [1.29, 1.82) is 0 Å². The Balaban J connectivity index is 1.20.